The Labute approximate surface area is 152 Å². The lowest BCUT2D eigenvalue weighted by molar-refractivity contribution is -0.130. The minimum atomic E-state index is -0.719. The Morgan fingerprint density at radius 2 is 1.81 bits per heavy atom. The molecule has 5 heteroatoms. The summed E-state index contributed by atoms with van der Waals surface area (Å²) in [5, 5.41) is 4.06. The van der Waals surface area contributed by atoms with Crippen LogP contribution in [-0.2, 0) is 4.79 Å². The van der Waals surface area contributed by atoms with Crippen molar-refractivity contribution in [2.45, 2.75) is 13.0 Å². The van der Waals surface area contributed by atoms with Gasteiger partial charge in [-0.2, -0.15) is 5.10 Å². The van der Waals surface area contributed by atoms with Gasteiger partial charge in [0.05, 0.1) is 5.71 Å². The summed E-state index contributed by atoms with van der Waals surface area (Å²) in [6.45, 7) is 1.97. The first kappa shape index (κ1) is 17.5. The lowest BCUT2D eigenvalue weighted by Crippen LogP contribution is -2.42. The van der Waals surface area contributed by atoms with E-state index in [0.717, 1.165) is 5.56 Å². The third-order valence-electron chi connectivity index (χ3n) is 3.68. The summed E-state index contributed by atoms with van der Waals surface area (Å²) in [4.78, 5) is 12.2. The second-order valence-corrected chi connectivity index (χ2v) is 5.72. The number of benzene rings is 2. The van der Waals surface area contributed by atoms with E-state index in [0.29, 0.717) is 17.2 Å². The minimum absolute atomic E-state index is 0.160. The summed E-state index contributed by atoms with van der Waals surface area (Å²) in [6, 6.07) is 17.3. The fourth-order valence-corrected chi connectivity index (χ4v) is 2.33. The van der Waals surface area contributed by atoms with Crippen LogP contribution in [0.1, 0.15) is 12.5 Å². The van der Waals surface area contributed by atoms with E-state index in [-0.39, 0.29) is 12.5 Å². The van der Waals surface area contributed by atoms with Gasteiger partial charge in [-0.3, -0.25) is 4.79 Å². The largest absolute Gasteiger partial charge is 0.485 e. The van der Waals surface area contributed by atoms with Crippen LogP contribution in [0.3, 0.4) is 0 Å². The average molecular weight is 348 g/mol. The maximum absolute atomic E-state index is 12.2. The molecule has 0 fully saturated rings. The first-order valence-electron chi connectivity index (χ1n) is 8.35. The van der Waals surface area contributed by atoms with Gasteiger partial charge >= 0.3 is 0 Å². The number of hydrogen-bond acceptors (Lipinski definition) is 4. The van der Waals surface area contributed by atoms with Crippen LogP contribution in [0.15, 0.2) is 77.9 Å². The predicted octanol–water partition coefficient (Wildman–Crippen LogP) is 3.59. The highest BCUT2D eigenvalue weighted by Gasteiger charge is 2.26. The fourth-order valence-electron chi connectivity index (χ4n) is 2.33. The Kier molecular flexibility index (Phi) is 5.83. The van der Waals surface area contributed by atoms with Crippen LogP contribution in [0.5, 0.6) is 11.5 Å². The molecule has 1 amide bonds. The van der Waals surface area contributed by atoms with E-state index in [9.17, 15) is 4.79 Å². The molecule has 0 bridgehead atoms. The lowest BCUT2D eigenvalue weighted by atomic mass is 10.2. The van der Waals surface area contributed by atoms with Crippen molar-refractivity contribution in [3.63, 3.8) is 0 Å². The van der Waals surface area contributed by atoms with E-state index in [1.165, 1.54) is 0 Å². The molecule has 2 aromatic rings. The molecule has 132 valence electrons. The summed E-state index contributed by atoms with van der Waals surface area (Å²) in [5.41, 5.74) is 4.30. The van der Waals surface area contributed by atoms with Crippen molar-refractivity contribution in [1.82, 2.24) is 5.43 Å². The molecule has 0 spiro atoms. The molecule has 0 saturated heterocycles. The number of allylic oxidation sites excluding steroid dienone is 3. The van der Waals surface area contributed by atoms with Gasteiger partial charge in [0.2, 0.25) is 6.10 Å². The molecular formula is C21H20N2O3. The molecule has 0 aliphatic carbocycles. The van der Waals surface area contributed by atoms with Gasteiger partial charge in [-0.25, -0.2) is 5.43 Å². The number of nitrogens with zero attached hydrogens (tertiary/aromatic N) is 1. The summed E-state index contributed by atoms with van der Waals surface area (Å²) in [6.07, 6.45) is 6.88. The number of nitrogens with one attached hydrogen (secondary N) is 1. The van der Waals surface area contributed by atoms with Crippen molar-refractivity contribution in [2.75, 3.05) is 6.61 Å². The SMILES string of the molecule is CC(/C=C/C=C/c1ccccc1)=N\NC(=O)C1COc2ccccc2O1. The second-order valence-electron chi connectivity index (χ2n) is 5.72. The van der Waals surface area contributed by atoms with Gasteiger partial charge in [0.25, 0.3) is 5.91 Å². The number of para-hydroxylation sites is 2. The number of hydrazone groups is 1. The topological polar surface area (TPSA) is 59.9 Å². The van der Waals surface area contributed by atoms with Crippen molar-refractivity contribution < 1.29 is 14.3 Å². The highest BCUT2D eigenvalue weighted by molar-refractivity contribution is 5.94. The molecule has 0 saturated carbocycles. The lowest BCUT2D eigenvalue weighted by Gasteiger charge is -2.24. The van der Waals surface area contributed by atoms with Crippen LogP contribution in [-0.4, -0.2) is 24.3 Å². The quantitative estimate of drug-likeness (QED) is 0.510. The number of fused-ring (bicyclic) bond motifs is 1. The number of hydrogen-bond donors (Lipinski definition) is 1. The van der Waals surface area contributed by atoms with Crippen molar-refractivity contribution in [2.24, 2.45) is 5.10 Å². The van der Waals surface area contributed by atoms with Crippen molar-refractivity contribution in [3.8, 4) is 11.5 Å². The third-order valence-corrected chi connectivity index (χ3v) is 3.68. The van der Waals surface area contributed by atoms with E-state index in [2.05, 4.69) is 10.5 Å². The van der Waals surface area contributed by atoms with Crippen molar-refractivity contribution in [1.29, 1.82) is 0 Å². The summed E-state index contributed by atoms with van der Waals surface area (Å²) in [5.74, 6) is 0.863. The summed E-state index contributed by atoms with van der Waals surface area (Å²) in [7, 11) is 0. The van der Waals surface area contributed by atoms with E-state index in [1.54, 1.807) is 19.1 Å². The molecule has 0 radical (unpaired) electrons. The van der Waals surface area contributed by atoms with Gasteiger partial charge in [0, 0.05) is 0 Å². The first-order chi connectivity index (χ1) is 12.7. The summed E-state index contributed by atoms with van der Waals surface area (Å²) < 4.78 is 11.2. The van der Waals surface area contributed by atoms with Crippen LogP contribution in [0, 0.1) is 0 Å². The molecule has 2 aromatic carbocycles. The van der Waals surface area contributed by atoms with E-state index >= 15 is 0 Å². The zero-order valence-corrected chi connectivity index (χ0v) is 14.5. The molecule has 1 aliphatic heterocycles. The molecular weight excluding hydrogens is 328 g/mol. The van der Waals surface area contributed by atoms with Crippen LogP contribution in [0.25, 0.3) is 6.08 Å². The zero-order valence-electron chi connectivity index (χ0n) is 14.5. The predicted molar refractivity (Wildman–Crippen MR) is 102 cm³/mol. The molecule has 1 heterocycles. The Bertz CT molecular complexity index is 841. The van der Waals surface area contributed by atoms with Gasteiger partial charge in [-0.05, 0) is 30.7 Å². The maximum atomic E-state index is 12.2. The summed E-state index contributed by atoms with van der Waals surface area (Å²) >= 11 is 0. The van der Waals surface area contributed by atoms with Crippen molar-refractivity contribution in [3.05, 3.63) is 78.4 Å². The van der Waals surface area contributed by atoms with Gasteiger partial charge in [0.1, 0.15) is 6.61 Å². The molecule has 5 nitrogen and oxygen atoms in total. The van der Waals surface area contributed by atoms with Gasteiger partial charge in [0.15, 0.2) is 11.5 Å². The second kappa shape index (κ2) is 8.67. The normalized spacial score (nSPS) is 16.8. The minimum Gasteiger partial charge on any atom is -0.485 e. The highest BCUT2D eigenvalue weighted by Crippen LogP contribution is 2.30. The highest BCUT2D eigenvalue weighted by atomic mass is 16.6. The Morgan fingerprint density at radius 1 is 1.08 bits per heavy atom. The fraction of sp³-hybridized carbons (Fsp3) is 0.143. The maximum Gasteiger partial charge on any atom is 0.284 e. The number of rotatable bonds is 5. The zero-order chi connectivity index (χ0) is 18.2. The monoisotopic (exact) mass is 348 g/mol. The van der Waals surface area contributed by atoms with E-state index < -0.39 is 6.10 Å². The average Bonchev–Trinajstić information content (AvgIpc) is 2.70. The Hall–Kier alpha value is -3.34. The van der Waals surface area contributed by atoms with Crippen LogP contribution in [0.4, 0.5) is 0 Å². The first-order valence-corrected chi connectivity index (χ1v) is 8.35. The molecule has 3 rings (SSSR count). The van der Waals surface area contributed by atoms with Gasteiger partial charge in [-0.15, -0.1) is 0 Å². The Balaban J connectivity index is 1.50. The Morgan fingerprint density at radius 3 is 2.62 bits per heavy atom. The molecule has 0 aromatic heterocycles. The van der Waals surface area contributed by atoms with Gasteiger partial charge in [-0.1, -0.05) is 60.7 Å². The number of amides is 1. The van der Waals surface area contributed by atoms with Crippen LogP contribution >= 0.6 is 0 Å². The van der Waals surface area contributed by atoms with Gasteiger partial charge < -0.3 is 9.47 Å². The van der Waals surface area contributed by atoms with E-state index in [1.807, 2.05) is 66.8 Å². The molecule has 1 unspecified atom stereocenters. The molecule has 1 aliphatic rings. The van der Waals surface area contributed by atoms with E-state index in [4.69, 9.17) is 9.47 Å². The molecule has 1 N–H and O–H groups in total. The molecule has 26 heavy (non-hydrogen) atoms. The van der Waals surface area contributed by atoms with Crippen LogP contribution in [0.2, 0.25) is 0 Å². The smallest absolute Gasteiger partial charge is 0.284 e. The molecule has 1 atom stereocenters. The standard InChI is InChI=1S/C21H20N2O3/c1-16(9-5-6-12-17-10-3-2-4-11-17)22-23-21(24)20-15-25-18-13-7-8-14-19(18)26-20/h2-14,20H,15H2,1H3,(H,23,24)/b9-5+,12-6+,22-16+. The number of carbonyl (C=O) groups is 1. The van der Waals surface area contributed by atoms with Crippen molar-refractivity contribution >= 4 is 17.7 Å². The number of ether oxygens (including phenoxy) is 2. The number of carbonyl (C=O) groups excluding carboxylic acids is 1. The van der Waals surface area contributed by atoms with Crippen LogP contribution < -0.4 is 14.9 Å². The third kappa shape index (κ3) is 4.83.